The molecule has 38 heavy (non-hydrogen) atoms. The largest absolute Gasteiger partial charge is 0.454 e. The number of carbonyl (C=O) groups is 1. The van der Waals surface area contributed by atoms with Crippen molar-refractivity contribution < 1.29 is 14.3 Å². The Morgan fingerprint density at radius 3 is 2.71 bits per heavy atom. The lowest BCUT2D eigenvalue weighted by Crippen LogP contribution is -2.47. The van der Waals surface area contributed by atoms with Gasteiger partial charge in [0.1, 0.15) is 15.8 Å². The average molecular weight is 548 g/mol. The van der Waals surface area contributed by atoms with Crippen molar-refractivity contribution in [1.82, 2.24) is 19.2 Å². The Morgan fingerprint density at radius 2 is 1.89 bits per heavy atom. The van der Waals surface area contributed by atoms with E-state index in [1.165, 1.54) is 21.1 Å². The molecule has 194 valence electrons. The van der Waals surface area contributed by atoms with Gasteiger partial charge in [0.2, 0.25) is 6.79 Å². The molecule has 0 atom stereocenters. The highest BCUT2D eigenvalue weighted by Crippen LogP contribution is 2.34. The highest BCUT2D eigenvalue weighted by atomic mass is 32.2. The first kappa shape index (κ1) is 24.7. The van der Waals surface area contributed by atoms with Crippen molar-refractivity contribution in [3.05, 3.63) is 81.6 Å². The zero-order valence-electron chi connectivity index (χ0n) is 20.5. The number of aromatic nitrogens is 2. The molecule has 0 aliphatic carbocycles. The van der Waals surface area contributed by atoms with Gasteiger partial charge in [0, 0.05) is 45.5 Å². The minimum Gasteiger partial charge on any atom is -0.454 e. The number of piperazine rings is 1. The average Bonchev–Trinajstić information content (AvgIpc) is 3.50. The zero-order chi connectivity index (χ0) is 26.2. The molecule has 3 aliphatic heterocycles. The van der Waals surface area contributed by atoms with E-state index in [1.54, 1.807) is 24.4 Å². The van der Waals surface area contributed by atoms with Crippen molar-refractivity contribution in [3.8, 4) is 11.5 Å². The van der Waals surface area contributed by atoms with Crippen LogP contribution in [0.3, 0.4) is 0 Å². The maximum atomic E-state index is 13.6. The molecule has 3 aliphatic rings. The molecule has 0 unspecified atom stereocenters. The number of amides is 1. The first-order valence-electron chi connectivity index (χ1n) is 12.3. The van der Waals surface area contributed by atoms with Crippen molar-refractivity contribution in [3.63, 3.8) is 0 Å². The number of benzene rings is 1. The first-order valence-corrected chi connectivity index (χ1v) is 13.5. The van der Waals surface area contributed by atoms with Crippen LogP contribution in [0.1, 0.15) is 11.1 Å². The Bertz CT molecular complexity index is 1540. The summed E-state index contributed by atoms with van der Waals surface area (Å²) in [4.78, 5) is 37.9. The Balaban J connectivity index is 1.27. The quantitative estimate of drug-likeness (QED) is 0.263. The van der Waals surface area contributed by atoms with Gasteiger partial charge < -0.3 is 14.4 Å². The molecular formula is C27H25N5O4S2. The Labute approximate surface area is 228 Å². The number of carbonyl (C=O) groups excluding carboxylic acids is 1. The maximum absolute atomic E-state index is 13.6. The molecule has 3 aromatic rings. The monoisotopic (exact) mass is 547 g/mol. The van der Waals surface area contributed by atoms with Crippen LogP contribution >= 0.6 is 24.0 Å². The van der Waals surface area contributed by atoms with Gasteiger partial charge in [0.15, 0.2) is 11.5 Å². The lowest BCUT2D eigenvalue weighted by atomic mass is 10.1. The van der Waals surface area contributed by atoms with Crippen LogP contribution in [0.2, 0.25) is 0 Å². The van der Waals surface area contributed by atoms with Gasteiger partial charge >= 0.3 is 0 Å². The summed E-state index contributed by atoms with van der Waals surface area (Å²) in [5.74, 6) is 1.92. The smallest absolute Gasteiger partial charge is 0.267 e. The number of hydrogen-bond donors (Lipinski definition) is 0. The predicted molar refractivity (Wildman–Crippen MR) is 152 cm³/mol. The van der Waals surface area contributed by atoms with E-state index >= 15 is 0 Å². The Morgan fingerprint density at radius 1 is 1.08 bits per heavy atom. The summed E-state index contributed by atoms with van der Waals surface area (Å²) in [6.45, 7) is 8.06. The van der Waals surface area contributed by atoms with Crippen molar-refractivity contribution in [2.75, 3.05) is 44.4 Å². The number of rotatable bonds is 6. The van der Waals surface area contributed by atoms with E-state index in [0.29, 0.717) is 45.9 Å². The van der Waals surface area contributed by atoms with Crippen LogP contribution in [0.15, 0.2) is 64.9 Å². The third-order valence-electron chi connectivity index (χ3n) is 6.72. The SMILES string of the molecule is C=CCN1C(=O)/C(=C/c2c(N3CCN(Cc4ccc5c(c4)OCO5)CC3)nc3ccccn3c2=O)SC1=S. The van der Waals surface area contributed by atoms with Crippen molar-refractivity contribution >= 4 is 51.7 Å². The standard InChI is InChI=1S/C27H25N5O4S2/c1-2-8-32-26(34)22(38-27(32)37)15-19-24(28-23-5-3-4-9-31(23)25(19)33)30-12-10-29(11-13-30)16-18-6-7-20-21(14-18)36-17-35-20/h2-7,9,14-15H,1,8,10-13,16-17H2/b22-15-. The molecule has 2 fully saturated rings. The van der Waals surface area contributed by atoms with Gasteiger partial charge in [-0.2, -0.15) is 0 Å². The number of thioether (sulfide) groups is 1. The van der Waals surface area contributed by atoms with Crippen LogP contribution in [0.25, 0.3) is 11.7 Å². The zero-order valence-corrected chi connectivity index (χ0v) is 22.2. The molecule has 0 spiro atoms. The van der Waals surface area contributed by atoms with Crippen LogP contribution in [0.4, 0.5) is 5.82 Å². The van der Waals surface area contributed by atoms with Gasteiger partial charge in [-0.1, -0.05) is 42.2 Å². The fraction of sp³-hybridized carbons (Fsp3) is 0.259. The number of nitrogens with zero attached hydrogens (tertiary/aromatic N) is 5. The van der Waals surface area contributed by atoms with Gasteiger partial charge in [0.25, 0.3) is 11.5 Å². The Kier molecular flexibility index (Phi) is 6.64. The third kappa shape index (κ3) is 4.57. The molecule has 0 N–H and O–H groups in total. The highest BCUT2D eigenvalue weighted by molar-refractivity contribution is 8.26. The Hall–Kier alpha value is -3.67. The number of ether oxygens (including phenoxy) is 2. The van der Waals surface area contributed by atoms with E-state index < -0.39 is 0 Å². The molecule has 6 rings (SSSR count). The fourth-order valence-corrected chi connectivity index (χ4v) is 6.05. The summed E-state index contributed by atoms with van der Waals surface area (Å²) in [6.07, 6.45) is 4.97. The number of thiocarbonyl (C=S) groups is 1. The molecule has 2 saturated heterocycles. The summed E-state index contributed by atoms with van der Waals surface area (Å²) in [5, 5.41) is 0. The summed E-state index contributed by atoms with van der Waals surface area (Å²) in [5.41, 5.74) is 1.89. The van der Waals surface area contributed by atoms with Crippen LogP contribution in [-0.2, 0) is 11.3 Å². The summed E-state index contributed by atoms with van der Waals surface area (Å²) < 4.78 is 12.9. The predicted octanol–water partition coefficient (Wildman–Crippen LogP) is 3.13. The van der Waals surface area contributed by atoms with Crippen LogP contribution in [0, 0.1) is 0 Å². The molecule has 2 aromatic heterocycles. The molecule has 1 aromatic carbocycles. The molecule has 1 amide bonds. The van der Waals surface area contributed by atoms with Crippen molar-refractivity contribution in [2.24, 2.45) is 0 Å². The molecule has 11 heteroatoms. The topological polar surface area (TPSA) is 79.6 Å². The van der Waals surface area contributed by atoms with Gasteiger partial charge in [-0.05, 0) is 35.9 Å². The second-order valence-corrected chi connectivity index (χ2v) is 10.8. The lowest BCUT2D eigenvalue weighted by Gasteiger charge is -2.36. The van der Waals surface area contributed by atoms with Crippen LogP contribution in [-0.4, -0.2) is 68.9 Å². The van der Waals surface area contributed by atoms with Gasteiger partial charge in [0.05, 0.1) is 10.5 Å². The summed E-state index contributed by atoms with van der Waals surface area (Å²) in [7, 11) is 0. The highest BCUT2D eigenvalue weighted by Gasteiger charge is 2.32. The molecule has 5 heterocycles. The van der Waals surface area contributed by atoms with E-state index in [-0.39, 0.29) is 18.3 Å². The molecular weight excluding hydrogens is 522 g/mol. The van der Waals surface area contributed by atoms with E-state index in [9.17, 15) is 9.59 Å². The number of pyridine rings is 1. The normalized spacial score (nSPS) is 18.7. The minimum absolute atomic E-state index is 0.220. The number of fused-ring (bicyclic) bond motifs is 2. The van der Waals surface area contributed by atoms with Crippen molar-refractivity contribution in [1.29, 1.82) is 0 Å². The van der Waals surface area contributed by atoms with Gasteiger partial charge in [-0.25, -0.2) is 4.98 Å². The molecule has 0 radical (unpaired) electrons. The number of anilines is 1. The lowest BCUT2D eigenvalue weighted by molar-refractivity contribution is -0.121. The second kappa shape index (κ2) is 10.2. The minimum atomic E-state index is -0.225. The fourth-order valence-electron chi connectivity index (χ4n) is 4.79. The van der Waals surface area contributed by atoms with E-state index in [0.717, 1.165) is 36.7 Å². The van der Waals surface area contributed by atoms with Crippen molar-refractivity contribution in [2.45, 2.75) is 6.54 Å². The molecule has 9 nitrogen and oxygen atoms in total. The second-order valence-electron chi connectivity index (χ2n) is 9.11. The van der Waals surface area contributed by atoms with Gasteiger partial charge in [-0.15, -0.1) is 6.58 Å². The molecule has 0 saturated carbocycles. The van der Waals surface area contributed by atoms with Gasteiger partial charge in [-0.3, -0.25) is 23.8 Å². The maximum Gasteiger partial charge on any atom is 0.267 e. The number of hydrogen-bond acceptors (Lipinski definition) is 9. The molecule has 0 bridgehead atoms. The van der Waals surface area contributed by atoms with Crippen LogP contribution in [0.5, 0.6) is 11.5 Å². The third-order valence-corrected chi connectivity index (χ3v) is 8.10. The summed E-state index contributed by atoms with van der Waals surface area (Å²) >= 11 is 6.58. The van der Waals surface area contributed by atoms with E-state index in [4.69, 9.17) is 26.7 Å². The van der Waals surface area contributed by atoms with E-state index in [1.807, 2.05) is 24.3 Å². The van der Waals surface area contributed by atoms with Crippen LogP contribution < -0.4 is 19.9 Å². The van der Waals surface area contributed by atoms with E-state index in [2.05, 4.69) is 22.4 Å². The first-order chi connectivity index (χ1) is 18.5. The summed E-state index contributed by atoms with van der Waals surface area (Å²) in [6, 6.07) is 11.5.